The molecule has 0 aliphatic heterocycles. The molecule has 0 N–H and O–H groups in total. The zero-order valence-electron chi connectivity index (χ0n) is 8.32. The van der Waals surface area contributed by atoms with Crippen molar-refractivity contribution < 1.29 is 0 Å². The largest absolute Gasteiger partial charge is 0.0996 e. The highest BCUT2D eigenvalue weighted by Crippen LogP contribution is 2.31. The number of allylic oxidation sites excluding steroid dienone is 1. The lowest BCUT2D eigenvalue weighted by atomic mass is 9.97. The molecule has 1 fully saturated rings. The van der Waals surface area contributed by atoms with Crippen LogP contribution >= 0.6 is 0 Å². The highest BCUT2D eigenvalue weighted by Gasteiger charge is 2.15. The van der Waals surface area contributed by atoms with Crippen LogP contribution in [0, 0.1) is 5.92 Å². The van der Waals surface area contributed by atoms with E-state index >= 15 is 0 Å². The second-order valence-corrected chi connectivity index (χ2v) is 2.99. The van der Waals surface area contributed by atoms with Gasteiger partial charge in [-0.2, -0.15) is 0 Å². The highest BCUT2D eigenvalue weighted by atomic mass is 14.2. The van der Waals surface area contributed by atoms with E-state index in [1.54, 1.807) is 0 Å². The first-order valence-electron chi connectivity index (χ1n) is 5.02. The molecular formula is C11H22. The van der Waals surface area contributed by atoms with Crippen LogP contribution < -0.4 is 0 Å². The summed E-state index contributed by atoms with van der Waals surface area (Å²) in [5.41, 5.74) is 1.48. The predicted molar refractivity (Wildman–Crippen MR) is 52.7 cm³/mol. The summed E-state index contributed by atoms with van der Waals surface area (Å²) in [7, 11) is 0. The third-order valence-electron chi connectivity index (χ3n) is 2.39. The van der Waals surface area contributed by atoms with Gasteiger partial charge in [-0.25, -0.2) is 0 Å². The minimum Gasteiger partial charge on any atom is -0.0996 e. The Morgan fingerprint density at radius 2 is 1.73 bits per heavy atom. The second kappa shape index (κ2) is 6.45. The summed E-state index contributed by atoms with van der Waals surface area (Å²) < 4.78 is 0. The minimum atomic E-state index is 0.884. The van der Waals surface area contributed by atoms with E-state index in [-0.39, 0.29) is 0 Å². The van der Waals surface area contributed by atoms with Crippen molar-refractivity contribution in [3.05, 3.63) is 12.2 Å². The van der Waals surface area contributed by atoms with Crippen LogP contribution in [0.25, 0.3) is 0 Å². The molecule has 0 aromatic rings. The van der Waals surface area contributed by atoms with Gasteiger partial charge in [-0.15, -0.1) is 0 Å². The Morgan fingerprint density at radius 1 is 1.27 bits per heavy atom. The molecule has 0 bridgehead atoms. The van der Waals surface area contributed by atoms with E-state index in [1.807, 2.05) is 13.8 Å². The smallest absolute Gasteiger partial charge is 0.0206 e. The van der Waals surface area contributed by atoms with Gasteiger partial charge in [-0.3, -0.25) is 0 Å². The van der Waals surface area contributed by atoms with E-state index in [4.69, 9.17) is 0 Å². The van der Waals surface area contributed by atoms with Crippen LogP contribution in [-0.4, -0.2) is 0 Å². The molecule has 0 atom stereocenters. The van der Waals surface area contributed by atoms with Gasteiger partial charge < -0.3 is 0 Å². The van der Waals surface area contributed by atoms with Crippen molar-refractivity contribution in [3.8, 4) is 0 Å². The first-order valence-corrected chi connectivity index (χ1v) is 5.02. The maximum absolute atomic E-state index is 4.06. The Bertz CT molecular complexity index is 96.6. The van der Waals surface area contributed by atoms with Crippen LogP contribution in [0.3, 0.4) is 0 Å². The van der Waals surface area contributed by atoms with Crippen molar-refractivity contribution in [3.63, 3.8) is 0 Å². The summed E-state index contributed by atoms with van der Waals surface area (Å²) in [5.74, 6) is 0.884. The fourth-order valence-corrected chi connectivity index (χ4v) is 1.62. The molecule has 11 heavy (non-hydrogen) atoms. The van der Waals surface area contributed by atoms with Crippen molar-refractivity contribution in [1.82, 2.24) is 0 Å². The van der Waals surface area contributed by atoms with Gasteiger partial charge in [0.25, 0.3) is 0 Å². The Hall–Kier alpha value is -0.260. The molecule has 0 saturated heterocycles. The van der Waals surface area contributed by atoms with Gasteiger partial charge in [0.1, 0.15) is 0 Å². The first-order chi connectivity index (χ1) is 5.34. The lowest BCUT2D eigenvalue weighted by Gasteiger charge is -2.08. The molecule has 66 valence electrons. The van der Waals surface area contributed by atoms with E-state index in [2.05, 4.69) is 13.5 Å². The standard InChI is InChI=1S/C9H16.C2H6/c1-3-8(2)9-6-4-5-7-9;1-2/h9H,2-7H2,1H3;1-2H3. The molecule has 0 spiro atoms. The fraction of sp³-hybridized carbons (Fsp3) is 0.818. The van der Waals surface area contributed by atoms with Crippen LogP contribution in [0.4, 0.5) is 0 Å². The van der Waals surface area contributed by atoms with Crippen molar-refractivity contribution in [2.24, 2.45) is 5.92 Å². The molecule has 0 amide bonds. The number of rotatable bonds is 2. The number of hydrogen-bond donors (Lipinski definition) is 0. The van der Waals surface area contributed by atoms with Gasteiger partial charge in [0, 0.05) is 0 Å². The van der Waals surface area contributed by atoms with Gasteiger partial charge in [0.2, 0.25) is 0 Å². The van der Waals surface area contributed by atoms with Crippen molar-refractivity contribution in [2.75, 3.05) is 0 Å². The minimum absolute atomic E-state index is 0.884. The monoisotopic (exact) mass is 154 g/mol. The van der Waals surface area contributed by atoms with Gasteiger partial charge in [-0.1, -0.05) is 45.8 Å². The summed E-state index contributed by atoms with van der Waals surface area (Å²) in [5, 5.41) is 0. The summed E-state index contributed by atoms with van der Waals surface area (Å²) >= 11 is 0. The molecule has 0 radical (unpaired) electrons. The molecule has 1 saturated carbocycles. The average Bonchev–Trinajstić information content (AvgIpc) is 2.59. The second-order valence-electron chi connectivity index (χ2n) is 2.99. The SMILES string of the molecule is C=C(CC)C1CCCC1.CC. The molecule has 1 aliphatic rings. The Balaban J connectivity index is 0.000000461. The van der Waals surface area contributed by atoms with Crippen LogP contribution in [0.15, 0.2) is 12.2 Å². The molecule has 1 rings (SSSR count). The molecule has 0 nitrogen and oxygen atoms in total. The van der Waals surface area contributed by atoms with E-state index in [9.17, 15) is 0 Å². The average molecular weight is 154 g/mol. The molecule has 0 heteroatoms. The third-order valence-corrected chi connectivity index (χ3v) is 2.39. The first kappa shape index (κ1) is 10.7. The van der Waals surface area contributed by atoms with Crippen molar-refractivity contribution in [2.45, 2.75) is 52.9 Å². The van der Waals surface area contributed by atoms with Crippen molar-refractivity contribution >= 4 is 0 Å². The number of hydrogen-bond acceptors (Lipinski definition) is 0. The summed E-state index contributed by atoms with van der Waals surface area (Å²) in [6.45, 7) is 10.3. The zero-order chi connectivity index (χ0) is 8.69. The van der Waals surface area contributed by atoms with Gasteiger partial charge in [0.15, 0.2) is 0 Å². The van der Waals surface area contributed by atoms with Crippen LogP contribution in [0.1, 0.15) is 52.9 Å². The zero-order valence-corrected chi connectivity index (χ0v) is 8.32. The summed E-state index contributed by atoms with van der Waals surface area (Å²) in [4.78, 5) is 0. The quantitative estimate of drug-likeness (QED) is 0.524. The Morgan fingerprint density at radius 3 is 2.09 bits per heavy atom. The Kier molecular flexibility index (Phi) is 6.30. The lowest BCUT2D eigenvalue weighted by Crippen LogP contribution is -1.94. The van der Waals surface area contributed by atoms with Crippen LogP contribution in [0.2, 0.25) is 0 Å². The topological polar surface area (TPSA) is 0 Å². The maximum Gasteiger partial charge on any atom is -0.0206 e. The predicted octanol–water partition coefficient (Wildman–Crippen LogP) is 4.17. The van der Waals surface area contributed by atoms with Gasteiger partial charge >= 0.3 is 0 Å². The van der Waals surface area contributed by atoms with Crippen molar-refractivity contribution in [1.29, 1.82) is 0 Å². The van der Waals surface area contributed by atoms with E-state index in [0.29, 0.717) is 0 Å². The third kappa shape index (κ3) is 3.60. The molecule has 0 aromatic heterocycles. The fourth-order valence-electron chi connectivity index (χ4n) is 1.62. The van der Waals surface area contributed by atoms with Crippen LogP contribution in [-0.2, 0) is 0 Å². The van der Waals surface area contributed by atoms with Gasteiger partial charge in [0.05, 0.1) is 0 Å². The Labute approximate surface area is 71.7 Å². The highest BCUT2D eigenvalue weighted by molar-refractivity contribution is 5.01. The van der Waals surface area contributed by atoms with Gasteiger partial charge in [-0.05, 0) is 25.2 Å². The maximum atomic E-state index is 4.06. The molecule has 0 aromatic carbocycles. The molecule has 0 unspecified atom stereocenters. The van der Waals surface area contributed by atoms with E-state index in [0.717, 1.165) is 5.92 Å². The lowest BCUT2D eigenvalue weighted by molar-refractivity contribution is 0.624. The van der Waals surface area contributed by atoms with Crippen LogP contribution in [0.5, 0.6) is 0 Å². The van der Waals surface area contributed by atoms with E-state index in [1.165, 1.54) is 37.7 Å². The van der Waals surface area contributed by atoms with E-state index < -0.39 is 0 Å². The normalized spacial score (nSPS) is 17.4. The summed E-state index contributed by atoms with van der Waals surface area (Å²) in [6, 6.07) is 0. The summed E-state index contributed by atoms with van der Waals surface area (Å²) in [6.07, 6.45) is 6.87. The molecule has 1 aliphatic carbocycles. The molecular weight excluding hydrogens is 132 g/mol. The molecule has 0 heterocycles.